The summed E-state index contributed by atoms with van der Waals surface area (Å²) in [6, 6.07) is 0. The van der Waals surface area contributed by atoms with Crippen molar-refractivity contribution in [1.29, 1.82) is 0 Å². The van der Waals surface area contributed by atoms with Crippen molar-refractivity contribution in [3.8, 4) is 0 Å². The Morgan fingerprint density at radius 2 is 1.78 bits per heavy atom. The van der Waals surface area contributed by atoms with Crippen LogP contribution in [0.1, 0.15) is 12.8 Å². The molecule has 2 aliphatic rings. The van der Waals surface area contributed by atoms with Gasteiger partial charge < -0.3 is 14.7 Å². The summed E-state index contributed by atoms with van der Waals surface area (Å²) in [4.78, 5) is 26.1. The summed E-state index contributed by atoms with van der Waals surface area (Å²) in [6.07, 6.45) is 2.70. The lowest BCUT2D eigenvalue weighted by atomic mass is 10.3. The average Bonchev–Trinajstić information content (AvgIpc) is 3.13. The highest BCUT2D eigenvalue weighted by Crippen LogP contribution is 2.29. The predicted octanol–water partition coefficient (Wildman–Crippen LogP) is -0.358. The van der Waals surface area contributed by atoms with Gasteiger partial charge in [-0.25, -0.2) is 4.79 Å². The first-order chi connectivity index (χ1) is 8.65. The molecule has 6 heteroatoms. The fourth-order valence-corrected chi connectivity index (χ4v) is 2.16. The third-order valence-electron chi connectivity index (χ3n) is 3.39. The molecule has 1 aliphatic heterocycles. The average molecular weight is 256 g/mol. The largest absolute Gasteiger partial charge is 0.480 e. The highest BCUT2D eigenvalue weighted by Gasteiger charge is 2.27. The van der Waals surface area contributed by atoms with Crippen LogP contribution in [-0.4, -0.2) is 72.7 Å². The van der Waals surface area contributed by atoms with Gasteiger partial charge in [0.2, 0.25) is 5.91 Å². The Bertz CT molecular complexity index is 309. The van der Waals surface area contributed by atoms with Crippen molar-refractivity contribution in [3.63, 3.8) is 0 Å². The minimum Gasteiger partial charge on any atom is -0.480 e. The van der Waals surface area contributed by atoms with E-state index in [9.17, 15) is 9.59 Å². The summed E-state index contributed by atoms with van der Waals surface area (Å²) < 4.78 is 4.81. The molecule has 2 rings (SSSR count). The number of hydrogen-bond acceptors (Lipinski definition) is 4. The molecule has 0 bridgehead atoms. The van der Waals surface area contributed by atoms with Gasteiger partial charge in [-0.15, -0.1) is 0 Å². The lowest BCUT2D eigenvalue weighted by Gasteiger charge is -2.34. The van der Waals surface area contributed by atoms with Crippen LogP contribution in [0.25, 0.3) is 0 Å². The zero-order valence-electron chi connectivity index (χ0n) is 10.5. The number of carbonyl (C=O) groups excluding carboxylic acids is 1. The van der Waals surface area contributed by atoms with Gasteiger partial charge in [0, 0.05) is 32.7 Å². The monoisotopic (exact) mass is 256 g/mol. The molecule has 2 fully saturated rings. The molecule has 0 spiro atoms. The highest BCUT2D eigenvalue weighted by atomic mass is 16.5. The first kappa shape index (κ1) is 13.3. The van der Waals surface area contributed by atoms with Crippen LogP contribution in [0.5, 0.6) is 0 Å². The first-order valence-electron chi connectivity index (χ1n) is 6.45. The van der Waals surface area contributed by atoms with E-state index in [2.05, 4.69) is 4.90 Å². The molecule has 0 atom stereocenters. The molecule has 18 heavy (non-hydrogen) atoms. The molecule has 0 aromatic rings. The third-order valence-corrected chi connectivity index (χ3v) is 3.39. The summed E-state index contributed by atoms with van der Waals surface area (Å²) in [5.74, 6) is -0.273. The number of piperazine rings is 1. The Hall–Kier alpha value is -1.14. The summed E-state index contributed by atoms with van der Waals surface area (Å²) in [7, 11) is 0. The first-order valence-corrected chi connectivity index (χ1v) is 6.45. The molecule has 1 saturated heterocycles. The van der Waals surface area contributed by atoms with E-state index in [4.69, 9.17) is 9.84 Å². The second-order valence-corrected chi connectivity index (χ2v) is 5.01. The van der Waals surface area contributed by atoms with Crippen molar-refractivity contribution < 1.29 is 19.4 Å². The predicted molar refractivity (Wildman–Crippen MR) is 64.2 cm³/mol. The van der Waals surface area contributed by atoms with Gasteiger partial charge in [-0.2, -0.15) is 0 Å². The van der Waals surface area contributed by atoms with Crippen LogP contribution in [-0.2, 0) is 14.3 Å². The Morgan fingerprint density at radius 3 is 2.33 bits per heavy atom. The smallest absolute Gasteiger partial charge is 0.329 e. The van der Waals surface area contributed by atoms with Crippen LogP contribution in [0, 0.1) is 5.92 Å². The van der Waals surface area contributed by atoms with Gasteiger partial charge in [-0.1, -0.05) is 0 Å². The van der Waals surface area contributed by atoms with E-state index in [0.29, 0.717) is 0 Å². The minimum absolute atomic E-state index is 0.109. The Labute approximate surface area is 106 Å². The number of amides is 1. The number of carboxylic acids is 1. The van der Waals surface area contributed by atoms with Crippen molar-refractivity contribution in [2.45, 2.75) is 12.8 Å². The summed E-state index contributed by atoms with van der Waals surface area (Å²) in [6.45, 7) is 3.91. The van der Waals surface area contributed by atoms with E-state index in [0.717, 1.165) is 38.6 Å². The summed E-state index contributed by atoms with van der Waals surface area (Å²) >= 11 is 0. The van der Waals surface area contributed by atoms with Gasteiger partial charge >= 0.3 is 5.97 Å². The van der Waals surface area contributed by atoms with Gasteiger partial charge in [0.1, 0.15) is 13.2 Å². The molecular formula is C12H20N2O4. The number of aliphatic carboxylic acids is 1. The molecule has 0 aromatic carbocycles. The molecule has 1 heterocycles. The Morgan fingerprint density at radius 1 is 1.11 bits per heavy atom. The van der Waals surface area contributed by atoms with Gasteiger partial charge in [-0.05, 0) is 18.8 Å². The van der Waals surface area contributed by atoms with E-state index < -0.39 is 12.6 Å². The molecule has 102 valence electrons. The molecule has 0 unspecified atom stereocenters. The van der Waals surface area contributed by atoms with E-state index in [-0.39, 0.29) is 12.5 Å². The van der Waals surface area contributed by atoms with E-state index >= 15 is 0 Å². The van der Waals surface area contributed by atoms with Crippen LogP contribution in [0.4, 0.5) is 0 Å². The fourth-order valence-electron chi connectivity index (χ4n) is 2.16. The molecule has 1 amide bonds. The lowest BCUT2D eigenvalue weighted by Crippen LogP contribution is -2.50. The zero-order chi connectivity index (χ0) is 13.0. The standard InChI is InChI=1S/C12H20N2O4/c15-11(8-18-9-12(16)17)14-5-3-13(4-6-14)7-10-1-2-10/h10H,1-9H2,(H,16,17). The number of carbonyl (C=O) groups is 2. The normalized spacial score (nSPS) is 21.0. The maximum atomic E-state index is 11.7. The number of ether oxygens (including phenoxy) is 1. The number of carboxylic acid groups (broad SMARTS) is 1. The maximum absolute atomic E-state index is 11.7. The number of rotatable bonds is 6. The topological polar surface area (TPSA) is 70.1 Å². The SMILES string of the molecule is O=C(O)COCC(=O)N1CCN(CC2CC2)CC1. The second kappa shape index (κ2) is 6.15. The van der Waals surface area contributed by atoms with Gasteiger partial charge in [0.25, 0.3) is 0 Å². The van der Waals surface area contributed by atoms with Crippen molar-refractivity contribution in [1.82, 2.24) is 9.80 Å². The van der Waals surface area contributed by atoms with Crippen molar-refractivity contribution in [2.24, 2.45) is 5.92 Å². The Balaban J connectivity index is 1.61. The van der Waals surface area contributed by atoms with Crippen molar-refractivity contribution in [2.75, 3.05) is 45.9 Å². The second-order valence-electron chi connectivity index (χ2n) is 5.01. The van der Waals surface area contributed by atoms with Crippen LogP contribution in [0.3, 0.4) is 0 Å². The van der Waals surface area contributed by atoms with Crippen molar-refractivity contribution in [3.05, 3.63) is 0 Å². The van der Waals surface area contributed by atoms with Crippen LogP contribution in [0.2, 0.25) is 0 Å². The van der Waals surface area contributed by atoms with E-state index in [1.54, 1.807) is 4.90 Å². The van der Waals surface area contributed by atoms with Crippen LogP contribution >= 0.6 is 0 Å². The Kier molecular flexibility index (Phi) is 4.54. The van der Waals surface area contributed by atoms with E-state index in [1.165, 1.54) is 12.8 Å². The quantitative estimate of drug-likeness (QED) is 0.703. The highest BCUT2D eigenvalue weighted by molar-refractivity contribution is 5.78. The van der Waals surface area contributed by atoms with Crippen LogP contribution < -0.4 is 0 Å². The lowest BCUT2D eigenvalue weighted by molar-refractivity contribution is -0.146. The number of hydrogen-bond donors (Lipinski definition) is 1. The van der Waals surface area contributed by atoms with Crippen molar-refractivity contribution >= 4 is 11.9 Å². The molecule has 1 aliphatic carbocycles. The zero-order valence-corrected chi connectivity index (χ0v) is 10.5. The van der Waals surface area contributed by atoms with Gasteiger partial charge in [0.05, 0.1) is 0 Å². The van der Waals surface area contributed by atoms with Gasteiger partial charge in [-0.3, -0.25) is 9.69 Å². The fraction of sp³-hybridized carbons (Fsp3) is 0.833. The summed E-state index contributed by atoms with van der Waals surface area (Å²) in [5, 5.41) is 8.40. The third kappa shape index (κ3) is 4.27. The van der Waals surface area contributed by atoms with E-state index in [1.807, 2.05) is 0 Å². The molecule has 0 radical (unpaired) electrons. The molecule has 1 saturated carbocycles. The maximum Gasteiger partial charge on any atom is 0.329 e. The summed E-state index contributed by atoms with van der Waals surface area (Å²) in [5.41, 5.74) is 0. The molecular weight excluding hydrogens is 236 g/mol. The van der Waals surface area contributed by atoms with Gasteiger partial charge in [0.15, 0.2) is 0 Å². The minimum atomic E-state index is -1.04. The molecule has 1 N–H and O–H groups in total. The molecule has 6 nitrogen and oxygen atoms in total. The van der Waals surface area contributed by atoms with Crippen LogP contribution in [0.15, 0.2) is 0 Å². The molecule has 0 aromatic heterocycles. The number of nitrogens with zero attached hydrogens (tertiary/aromatic N) is 2.